The lowest BCUT2D eigenvalue weighted by Crippen LogP contribution is -1.82. The van der Waals surface area contributed by atoms with Crippen LogP contribution < -0.4 is 0 Å². The Labute approximate surface area is 104 Å². The number of hydrogen-bond donors (Lipinski definition) is 0. The molecule has 0 radical (unpaired) electrons. The number of nitrogens with zero attached hydrogens (tertiary/aromatic N) is 1. The van der Waals surface area contributed by atoms with Crippen LogP contribution in [0.1, 0.15) is 5.56 Å². The maximum Gasteiger partial charge on any atom is 0.157 e. The zero-order valence-corrected chi connectivity index (χ0v) is 10.0. The first-order chi connectivity index (χ1) is 8.27. The minimum absolute atomic E-state index is 0.631. The fraction of sp³-hybridized carbons (Fsp3) is 0.0714. The molecule has 0 N–H and O–H groups in total. The molecule has 2 heterocycles. The molecule has 84 valence electrons. The average Bonchev–Trinajstić information content (AvgIpc) is 2.79. The van der Waals surface area contributed by atoms with Crippen molar-refractivity contribution in [2.75, 3.05) is 0 Å². The van der Waals surface area contributed by atoms with Crippen molar-refractivity contribution in [1.82, 2.24) is 4.98 Å². The number of halogens is 1. The Morgan fingerprint density at radius 2 is 1.94 bits per heavy atom. The smallest absolute Gasteiger partial charge is 0.157 e. The van der Waals surface area contributed by atoms with Crippen LogP contribution in [0.25, 0.3) is 22.2 Å². The molecule has 0 aliphatic heterocycles. The van der Waals surface area contributed by atoms with Gasteiger partial charge in [-0.3, -0.25) is 4.98 Å². The summed E-state index contributed by atoms with van der Waals surface area (Å²) >= 11 is 6.02. The number of aryl methyl sites for hydroxylation is 1. The molecular weight excluding hydrogens is 234 g/mol. The lowest BCUT2D eigenvalue weighted by molar-refractivity contribution is 0.614. The van der Waals surface area contributed by atoms with Gasteiger partial charge in [0.15, 0.2) is 5.58 Å². The summed E-state index contributed by atoms with van der Waals surface area (Å²) in [4.78, 5) is 4.35. The molecule has 0 spiro atoms. The van der Waals surface area contributed by atoms with Gasteiger partial charge in [0, 0.05) is 17.3 Å². The zero-order chi connectivity index (χ0) is 11.8. The quantitative estimate of drug-likeness (QED) is 0.631. The fourth-order valence-electron chi connectivity index (χ4n) is 1.89. The SMILES string of the molecule is Cc1c(Cl)cnc2c(-c3ccccc3)coc12. The highest BCUT2D eigenvalue weighted by atomic mass is 35.5. The monoisotopic (exact) mass is 243 g/mol. The third kappa shape index (κ3) is 1.61. The number of hydrogen-bond acceptors (Lipinski definition) is 2. The van der Waals surface area contributed by atoms with E-state index >= 15 is 0 Å². The number of aromatic nitrogens is 1. The molecule has 0 atom stereocenters. The summed E-state index contributed by atoms with van der Waals surface area (Å²) in [5.41, 5.74) is 4.65. The molecule has 0 aliphatic carbocycles. The first-order valence-corrected chi connectivity index (χ1v) is 5.73. The van der Waals surface area contributed by atoms with E-state index in [-0.39, 0.29) is 0 Å². The standard InChI is InChI=1S/C14H10ClNO/c1-9-12(15)7-16-13-11(8-17-14(9)13)10-5-3-2-4-6-10/h2-8H,1H3. The van der Waals surface area contributed by atoms with E-state index in [0.29, 0.717) is 5.02 Å². The molecular formula is C14H10ClNO. The largest absolute Gasteiger partial charge is 0.462 e. The molecule has 0 fully saturated rings. The highest BCUT2D eigenvalue weighted by Crippen LogP contribution is 2.32. The molecule has 1 aromatic carbocycles. The van der Waals surface area contributed by atoms with Gasteiger partial charge in [0.05, 0.1) is 5.02 Å². The van der Waals surface area contributed by atoms with Crippen molar-refractivity contribution in [3.05, 3.63) is 53.4 Å². The van der Waals surface area contributed by atoms with E-state index in [1.54, 1.807) is 12.5 Å². The predicted molar refractivity (Wildman–Crippen MR) is 69.2 cm³/mol. The topological polar surface area (TPSA) is 26.0 Å². The average molecular weight is 244 g/mol. The van der Waals surface area contributed by atoms with Crippen LogP contribution in [0, 0.1) is 6.92 Å². The van der Waals surface area contributed by atoms with Crippen molar-refractivity contribution in [2.24, 2.45) is 0 Å². The third-order valence-electron chi connectivity index (χ3n) is 2.86. The molecule has 3 aromatic rings. The van der Waals surface area contributed by atoms with E-state index in [1.165, 1.54) is 0 Å². The van der Waals surface area contributed by atoms with Crippen LogP contribution in [-0.2, 0) is 0 Å². The second kappa shape index (κ2) is 3.90. The summed E-state index contributed by atoms with van der Waals surface area (Å²) in [5, 5.41) is 0.631. The number of fused-ring (bicyclic) bond motifs is 1. The van der Waals surface area contributed by atoms with Crippen LogP contribution in [0.3, 0.4) is 0 Å². The molecule has 0 unspecified atom stereocenters. The number of furan rings is 1. The highest BCUT2D eigenvalue weighted by Gasteiger charge is 2.12. The summed E-state index contributed by atoms with van der Waals surface area (Å²) in [5.74, 6) is 0. The molecule has 2 nitrogen and oxygen atoms in total. The number of pyridine rings is 1. The van der Waals surface area contributed by atoms with Crippen molar-refractivity contribution in [1.29, 1.82) is 0 Å². The van der Waals surface area contributed by atoms with Gasteiger partial charge < -0.3 is 4.42 Å². The highest BCUT2D eigenvalue weighted by molar-refractivity contribution is 6.32. The van der Waals surface area contributed by atoms with E-state index in [0.717, 1.165) is 27.8 Å². The molecule has 0 saturated carbocycles. The molecule has 17 heavy (non-hydrogen) atoms. The summed E-state index contributed by atoms with van der Waals surface area (Å²) < 4.78 is 5.57. The van der Waals surface area contributed by atoms with Gasteiger partial charge in [-0.1, -0.05) is 41.9 Å². The van der Waals surface area contributed by atoms with Gasteiger partial charge in [-0.15, -0.1) is 0 Å². The van der Waals surface area contributed by atoms with Crippen molar-refractivity contribution in [3.63, 3.8) is 0 Å². The lowest BCUT2D eigenvalue weighted by atomic mass is 10.1. The summed E-state index contributed by atoms with van der Waals surface area (Å²) in [6, 6.07) is 10.1. The van der Waals surface area contributed by atoms with E-state index in [9.17, 15) is 0 Å². The Kier molecular flexibility index (Phi) is 2.37. The van der Waals surface area contributed by atoms with Crippen molar-refractivity contribution in [3.8, 4) is 11.1 Å². The molecule has 0 bridgehead atoms. The van der Waals surface area contributed by atoms with Gasteiger partial charge in [0.2, 0.25) is 0 Å². The Morgan fingerprint density at radius 3 is 2.71 bits per heavy atom. The Morgan fingerprint density at radius 1 is 1.18 bits per heavy atom. The summed E-state index contributed by atoms with van der Waals surface area (Å²) in [6.07, 6.45) is 3.40. The number of benzene rings is 1. The van der Waals surface area contributed by atoms with Crippen LogP contribution in [0.2, 0.25) is 5.02 Å². The van der Waals surface area contributed by atoms with Crippen molar-refractivity contribution >= 4 is 22.7 Å². The fourth-order valence-corrected chi connectivity index (χ4v) is 2.03. The van der Waals surface area contributed by atoms with Crippen LogP contribution in [0.4, 0.5) is 0 Å². The molecule has 2 aromatic heterocycles. The van der Waals surface area contributed by atoms with E-state index in [4.69, 9.17) is 16.0 Å². The summed E-state index contributed by atoms with van der Waals surface area (Å²) in [6.45, 7) is 1.94. The van der Waals surface area contributed by atoms with Gasteiger partial charge in [-0.25, -0.2) is 0 Å². The molecule has 0 aliphatic rings. The first-order valence-electron chi connectivity index (χ1n) is 5.35. The lowest BCUT2D eigenvalue weighted by Gasteiger charge is -1.99. The van der Waals surface area contributed by atoms with E-state index in [2.05, 4.69) is 4.98 Å². The van der Waals surface area contributed by atoms with Gasteiger partial charge >= 0.3 is 0 Å². The Balaban J connectivity index is 2.30. The van der Waals surface area contributed by atoms with Crippen LogP contribution in [0.5, 0.6) is 0 Å². The van der Waals surface area contributed by atoms with Crippen LogP contribution >= 0.6 is 11.6 Å². The maximum atomic E-state index is 6.02. The van der Waals surface area contributed by atoms with Gasteiger partial charge in [0.25, 0.3) is 0 Å². The second-order valence-electron chi connectivity index (χ2n) is 3.92. The molecule has 0 saturated heterocycles. The Hall–Kier alpha value is -1.80. The van der Waals surface area contributed by atoms with Crippen LogP contribution in [0.15, 0.2) is 47.2 Å². The first kappa shape index (κ1) is 10.4. The van der Waals surface area contributed by atoms with Gasteiger partial charge in [-0.05, 0) is 12.5 Å². The number of rotatable bonds is 1. The Bertz CT molecular complexity index is 673. The minimum atomic E-state index is 0.631. The molecule has 3 rings (SSSR count). The van der Waals surface area contributed by atoms with Crippen molar-refractivity contribution in [2.45, 2.75) is 6.92 Å². The predicted octanol–water partition coefficient (Wildman–Crippen LogP) is 4.46. The normalized spacial score (nSPS) is 10.9. The molecule has 0 amide bonds. The summed E-state index contributed by atoms with van der Waals surface area (Å²) in [7, 11) is 0. The maximum absolute atomic E-state index is 6.02. The van der Waals surface area contributed by atoms with Gasteiger partial charge in [0.1, 0.15) is 11.8 Å². The van der Waals surface area contributed by atoms with Crippen LogP contribution in [-0.4, -0.2) is 4.98 Å². The molecule has 3 heteroatoms. The zero-order valence-electron chi connectivity index (χ0n) is 9.27. The van der Waals surface area contributed by atoms with Gasteiger partial charge in [-0.2, -0.15) is 0 Å². The minimum Gasteiger partial charge on any atom is -0.462 e. The van der Waals surface area contributed by atoms with E-state index in [1.807, 2.05) is 37.3 Å². The van der Waals surface area contributed by atoms with Crippen molar-refractivity contribution < 1.29 is 4.42 Å². The van der Waals surface area contributed by atoms with E-state index < -0.39 is 0 Å². The second-order valence-corrected chi connectivity index (χ2v) is 4.33. The third-order valence-corrected chi connectivity index (χ3v) is 3.24.